The van der Waals surface area contributed by atoms with E-state index in [9.17, 15) is 8.42 Å². The summed E-state index contributed by atoms with van der Waals surface area (Å²) in [5, 5.41) is 5.45. The number of anilines is 1. The van der Waals surface area contributed by atoms with Crippen LogP contribution in [0.2, 0.25) is 0 Å². The van der Waals surface area contributed by atoms with Gasteiger partial charge in [0.05, 0.1) is 24.7 Å². The molecule has 30 heavy (non-hydrogen) atoms. The van der Waals surface area contributed by atoms with Crippen LogP contribution in [0, 0.1) is 6.92 Å². The molecule has 4 rings (SSSR count). The minimum atomic E-state index is -3.82. The van der Waals surface area contributed by atoms with Crippen LogP contribution in [-0.2, 0) is 14.8 Å². The van der Waals surface area contributed by atoms with Crippen molar-refractivity contribution in [1.82, 2.24) is 4.90 Å². The van der Waals surface area contributed by atoms with Crippen LogP contribution >= 0.6 is 0 Å². The van der Waals surface area contributed by atoms with Crippen molar-refractivity contribution in [3.05, 3.63) is 72.3 Å². The van der Waals surface area contributed by atoms with Crippen LogP contribution < -0.4 is 5.32 Å². The number of sulfonamides is 1. The van der Waals surface area contributed by atoms with Gasteiger partial charge in [-0.15, -0.1) is 4.40 Å². The summed E-state index contributed by atoms with van der Waals surface area (Å²) in [4.78, 5) is 2.33. The average Bonchev–Trinajstić information content (AvgIpc) is 2.74. The van der Waals surface area contributed by atoms with E-state index in [0.717, 1.165) is 35.1 Å². The molecule has 1 heterocycles. The third-order valence-electron chi connectivity index (χ3n) is 5.06. The third-order valence-corrected chi connectivity index (χ3v) is 6.39. The zero-order valence-electron chi connectivity index (χ0n) is 16.9. The van der Waals surface area contributed by atoms with Gasteiger partial charge in [0, 0.05) is 18.8 Å². The summed E-state index contributed by atoms with van der Waals surface area (Å²) in [6.45, 7) is 5.07. The Morgan fingerprint density at radius 2 is 1.70 bits per heavy atom. The number of hydrogen-bond donors (Lipinski definition) is 1. The Kier molecular flexibility index (Phi) is 6.13. The number of aryl methyl sites for hydroxylation is 1. The van der Waals surface area contributed by atoms with Gasteiger partial charge in [-0.25, -0.2) is 0 Å². The van der Waals surface area contributed by atoms with Crippen LogP contribution in [0.3, 0.4) is 0 Å². The molecule has 0 unspecified atom stereocenters. The van der Waals surface area contributed by atoms with E-state index in [1.165, 1.54) is 0 Å². The molecular weight excluding hydrogens is 398 g/mol. The van der Waals surface area contributed by atoms with Crippen LogP contribution in [0.15, 0.2) is 76.0 Å². The summed E-state index contributed by atoms with van der Waals surface area (Å²) in [5.41, 5.74) is 1.81. The highest BCUT2D eigenvalue weighted by molar-refractivity contribution is 7.90. The molecule has 0 atom stereocenters. The van der Waals surface area contributed by atoms with Gasteiger partial charge in [0.25, 0.3) is 10.0 Å². The van der Waals surface area contributed by atoms with Crippen LogP contribution in [0.1, 0.15) is 5.56 Å². The number of benzene rings is 3. The van der Waals surface area contributed by atoms with Crippen molar-refractivity contribution in [2.75, 3.05) is 38.2 Å². The first kappa shape index (κ1) is 20.5. The van der Waals surface area contributed by atoms with Gasteiger partial charge in [0.1, 0.15) is 5.84 Å². The topological polar surface area (TPSA) is 71.0 Å². The number of hydrogen-bond acceptors (Lipinski definition) is 4. The molecule has 0 amide bonds. The fourth-order valence-corrected chi connectivity index (χ4v) is 4.38. The van der Waals surface area contributed by atoms with Gasteiger partial charge in [0.15, 0.2) is 0 Å². The molecule has 1 fully saturated rings. The first-order valence-electron chi connectivity index (χ1n) is 9.96. The maximum atomic E-state index is 12.9. The summed E-state index contributed by atoms with van der Waals surface area (Å²) in [6, 6.07) is 20.8. The summed E-state index contributed by atoms with van der Waals surface area (Å²) in [7, 11) is -3.82. The van der Waals surface area contributed by atoms with Crippen molar-refractivity contribution < 1.29 is 13.2 Å². The van der Waals surface area contributed by atoms with Crippen molar-refractivity contribution in [1.29, 1.82) is 0 Å². The van der Waals surface area contributed by atoms with Crippen molar-refractivity contribution >= 4 is 32.3 Å². The Balaban J connectivity index is 1.65. The highest BCUT2D eigenvalue weighted by atomic mass is 32.2. The molecule has 156 valence electrons. The highest BCUT2D eigenvalue weighted by Gasteiger charge is 2.18. The predicted octanol–water partition coefficient (Wildman–Crippen LogP) is 3.68. The molecule has 3 aromatic carbocycles. The molecule has 0 aliphatic carbocycles. The van der Waals surface area contributed by atoms with E-state index in [1.54, 1.807) is 24.3 Å². The Bertz CT molecular complexity index is 1150. The maximum absolute atomic E-state index is 12.9. The second-order valence-corrected chi connectivity index (χ2v) is 9.01. The minimum Gasteiger partial charge on any atom is -0.379 e. The fourth-order valence-electron chi connectivity index (χ4n) is 3.40. The van der Waals surface area contributed by atoms with Crippen molar-refractivity contribution in [2.24, 2.45) is 4.40 Å². The van der Waals surface area contributed by atoms with Gasteiger partial charge in [-0.2, -0.15) is 8.42 Å². The highest BCUT2D eigenvalue weighted by Crippen LogP contribution is 2.20. The molecule has 0 aromatic heterocycles. The number of amidine groups is 1. The van der Waals surface area contributed by atoms with Gasteiger partial charge in [-0.05, 0) is 42.0 Å². The molecule has 0 radical (unpaired) electrons. The van der Waals surface area contributed by atoms with E-state index >= 15 is 0 Å². The Hall–Kier alpha value is -2.74. The summed E-state index contributed by atoms with van der Waals surface area (Å²) < 4.78 is 35.4. The smallest absolute Gasteiger partial charge is 0.283 e. The fraction of sp³-hybridized carbons (Fsp3) is 0.261. The van der Waals surface area contributed by atoms with Crippen molar-refractivity contribution in [3.8, 4) is 0 Å². The molecular formula is C23H25N3O3S. The van der Waals surface area contributed by atoms with E-state index in [1.807, 2.05) is 49.4 Å². The second kappa shape index (κ2) is 8.95. The molecule has 0 bridgehead atoms. The van der Waals surface area contributed by atoms with Crippen LogP contribution in [0.25, 0.3) is 10.8 Å². The molecule has 0 spiro atoms. The normalized spacial score (nSPS) is 16.0. The lowest BCUT2D eigenvalue weighted by Gasteiger charge is -2.27. The van der Waals surface area contributed by atoms with Gasteiger partial charge >= 0.3 is 0 Å². The molecule has 1 N–H and O–H groups in total. The Morgan fingerprint density at radius 1 is 1.00 bits per heavy atom. The minimum absolute atomic E-state index is 0.188. The summed E-state index contributed by atoms with van der Waals surface area (Å²) in [5.74, 6) is 0.396. The first-order chi connectivity index (χ1) is 14.5. The van der Waals surface area contributed by atoms with Crippen molar-refractivity contribution in [2.45, 2.75) is 11.8 Å². The quantitative estimate of drug-likeness (QED) is 0.501. The lowest BCUT2D eigenvalue weighted by atomic mass is 10.1. The van der Waals surface area contributed by atoms with E-state index < -0.39 is 10.0 Å². The number of rotatable bonds is 5. The zero-order valence-corrected chi connectivity index (χ0v) is 17.7. The van der Waals surface area contributed by atoms with E-state index in [2.05, 4.69) is 14.6 Å². The average molecular weight is 424 g/mol. The summed E-state index contributed by atoms with van der Waals surface area (Å²) in [6.07, 6.45) is 0. The second-order valence-electron chi connectivity index (χ2n) is 7.40. The van der Waals surface area contributed by atoms with E-state index in [4.69, 9.17) is 4.74 Å². The predicted molar refractivity (Wildman–Crippen MR) is 121 cm³/mol. The maximum Gasteiger partial charge on any atom is 0.283 e. The van der Waals surface area contributed by atoms with Gasteiger partial charge in [-0.3, -0.25) is 4.90 Å². The molecule has 1 saturated heterocycles. The molecule has 7 heteroatoms. The lowest BCUT2D eigenvalue weighted by molar-refractivity contribution is 0.0453. The monoisotopic (exact) mass is 423 g/mol. The van der Waals surface area contributed by atoms with Crippen LogP contribution in [-0.4, -0.2) is 52.0 Å². The summed E-state index contributed by atoms with van der Waals surface area (Å²) >= 11 is 0. The van der Waals surface area contributed by atoms with E-state index in [0.29, 0.717) is 25.6 Å². The third kappa shape index (κ3) is 5.05. The molecule has 6 nitrogen and oxygen atoms in total. The van der Waals surface area contributed by atoms with Gasteiger partial charge < -0.3 is 10.1 Å². The molecule has 1 aliphatic heterocycles. The van der Waals surface area contributed by atoms with Gasteiger partial charge in [-0.1, -0.05) is 48.0 Å². The zero-order chi connectivity index (χ0) is 21.0. The number of morpholine rings is 1. The standard InChI is InChI=1S/C23H25N3O3S/c1-18-6-10-22(11-7-18)30(27,28)25-23(17-26-12-14-29-15-13-26)24-21-9-8-19-4-2-3-5-20(19)16-21/h2-11,16H,12-15,17H2,1H3,(H,24,25). The SMILES string of the molecule is Cc1ccc(S(=O)(=O)/N=C(\CN2CCOCC2)Nc2ccc3ccccc3c2)cc1. The number of fused-ring (bicyclic) bond motifs is 1. The Morgan fingerprint density at radius 3 is 2.43 bits per heavy atom. The molecule has 1 aliphatic rings. The van der Waals surface area contributed by atoms with Crippen LogP contribution in [0.4, 0.5) is 5.69 Å². The molecule has 3 aromatic rings. The van der Waals surface area contributed by atoms with Gasteiger partial charge in [0.2, 0.25) is 0 Å². The first-order valence-corrected chi connectivity index (χ1v) is 11.4. The number of nitrogens with one attached hydrogen (secondary N) is 1. The van der Waals surface area contributed by atoms with Crippen LogP contribution in [0.5, 0.6) is 0 Å². The van der Waals surface area contributed by atoms with Crippen molar-refractivity contribution in [3.63, 3.8) is 0 Å². The number of nitrogens with zero attached hydrogens (tertiary/aromatic N) is 2. The largest absolute Gasteiger partial charge is 0.379 e. The van der Waals surface area contributed by atoms with E-state index in [-0.39, 0.29) is 4.90 Å². The Labute approximate surface area is 177 Å². The lowest BCUT2D eigenvalue weighted by Crippen LogP contribution is -2.41. The molecule has 0 saturated carbocycles. The number of ether oxygens (including phenoxy) is 1.